The van der Waals surface area contributed by atoms with Gasteiger partial charge in [0.05, 0.1) is 11.1 Å². The van der Waals surface area contributed by atoms with E-state index in [4.69, 9.17) is 9.47 Å². The van der Waals surface area contributed by atoms with E-state index in [1.54, 1.807) is 6.20 Å². The van der Waals surface area contributed by atoms with E-state index in [1.807, 2.05) is 13.0 Å². The van der Waals surface area contributed by atoms with E-state index in [1.165, 1.54) is 0 Å². The number of rotatable bonds is 6. The van der Waals surface area contributed by atoms with Crippen LogP contribution in [0.2, 0.25) is 0 Å². The highest BCUT2D eigenvalue weighted by molar-refractivity contribution is 9.10. The quantitative estimate of drug-likeness (QED) is 0.753. The molecule has 0 N–H and O–H groups in total. The molecular weight excluding hydrogens is 270 g/mol. The van der Waals surface area contributed by atoms with Gasteiger partial charge in [-0.05, 0) is 40.4 Å². The molecule has 90 valence electrons. The highest BCUT2D eigenvalue weighted by Crippen LogP contribution is 2.25. The van der Waals surface area contributed by atoms with Gasteiger partial charge in [-0.2, -0.15) is 0 Å². The van der Waals surface area contributed by atoms with Gasteiger partial charge in [-0.3, -0.25) is 0 Å². The van der Waals surface area contributed by atoms with E-state index in [-0.39, 0.29) is 0 Å². The van der Waals surface area contributed by atoms with Crippen LogP contribution in [0.5, 0.6) is 5.88 Å². The second-order valence-electron chi connectivity index (χ2n) is 4.06. The average molecular weight is 288 g/mol. The van der Waals surface area contributed by atoms with Gasteiger partial charge in [0, 0.05) is 12.8 Å². The van der Waals surface area contributed by atoms with Crippen LogP contribution < -0.4 is 4.74 Å². The summed E-state index contributed by atoms with van der Waals surface area (Å²) in [6.07, 6.45) is 1.74. The molecular formula is C12H18BrNO2. The van der Waals surface area contributed by atoms with Crippen LogP contribution >= 0.6 is 15.9 Å². The zero-order valence-electron chi connectivity index (χ0n) is 10.00. The third-order valence-corrected chi connectivity index (χ3v) is 2.93. The van der Waals surface area contributed by atoms with Gasteiger partial charge in [0.2, 0.25) is 5.88 Å². The third-order valence-electron chi connectivity index (χ3n) is 1.97. The summed E-state index contributed by atoms with van der Waals surface area (Å²) in [4.78, 5) is 4.15. The Labute approximate surface area is 105 Å². The van der Waals surface area contributed by atoms with E-state index >= 15 is 0 Å². The molecule has 0 spiro atoms. The minimum Gasteiger partial charge on any atom is -0.474 e. The molecule has 0 amide bonds. The number of hydrogen-bond donors (Lipinski definition) is 0. The summed E-state index contributed by atoms with van der Waals surface area (Å²) in [5.41, 5.74) is 1.12. The lowest BCUT2D eigenvalue weighted by Crippen LogP contribution is -2.11. The van der Waals surface area contributed by atoms with Gasteiger partial charge in [0.25, 0.3) is 0 Å². The molecule has 0 saturated carbocycles. The normalized spacial score (nSPS) is 10.8. The van der Waals surface area contributed by atoms with Gasteiger partial charge in [-0.25, -0.2) is 4.98 Å². The van der Waals surface area contributed by atoms with E-state index in [0.29, 0.717) is 25.0 Å². The Kier molecular flexibility index (Phi) is 5.77. The largest absolute Gasteiger partial charge is 0.474 e. The van der Waals surface area contributed by atoms with E-state index in [9.17, 15) is 0 Å². The molecule has 0 atom stereocenters. The van der Waals surface area contributed by atoms with E-state index in [0.717, 1.165) is 16.6 Å². The molecule has 0 aliphatic carbocycles. The highest BCUT2D eigenvalue weighted by Gasteiger charge is 2.04. The van der Waals surface area contributed by atoms with Crippen LogP contribution in [0.3, 0.4) is 0 Å². The smallest absolute Gasteiger partial charge is 0.228 e. The minimum absolute atomic E-state index is 0.530. The van der Waals surface area contributed by atoms with Gasteiger partial charge in [0.1, 0.15) is 6.61 Å². The van der Waals surface area contributed by atoms with Crippen molar-refractivity contribution in [2.24, 2.45) is 5.92 Å². The molecule has 0 radical (unpaired) electrons. The van der Waals surface area contributed by atoms with Crippen molar-refractivity contribution < 1.29 is 9.47 Å². The van der Waals surface area contributed by atoms with Gasteiger partial charge in [-0.15, -0.1) is 0 Å². The first-order valence-electron chi connectivity index (χ1n) is 5.43. The summed E-state index contributed by atoms with van der Waals surface area (Å²) in [6, 6.07) is 1.94. The molecule has 0 unspecified atom stereocenters. The molecule has 0 fully saturated rings. The van der Waals surface area contributed by atoms with Crippen LogP contribution in [0.4, 0.5) is 0 Å². The fraction of sp³-hybridized carbons (Fsp3) is 0.583. The molecule has 4 heteroatoms. The molecule has 1 rings (SSSR count). The van der Waals surface area contributed by atoms with Crippen molar-refractivity contribution in [3.05, 3.63) is 22.3 Å². The van der Waals surface area contributed by atoms with Crippen LogP contribution in [0, 0.1) is 12.8 Å². The van der Waals surface area contributed by atoms with Crippen molar-refractivity contribution in [1.29, 1.82) is 0 Å². The first kappa shape index (κ1) is 13.5. The summed E-state index contributed by atoms with van der Waals surface area (Å²) >= 11 is 3.44. The van der Waals surface area contributed by atoms with Crippen LogP contribution in [0.25, 0.3) is 0 Å². The summed E-state index contributed by atoms with van der Waals surface area (Å²) in [6.45, 7) is 8.15. The summed E-state index contributed by atoms with van der Waals surface area (Å²) in [7, 11) is 0. The third kappa shape index (κ3) is 4.49. The minimum atomic E-state index is 0.530. The Morgan fingerprint density at radius 1 is 1.38 bits per heavy atom. The fourth-order valence-electron chi connectivity index (χ4n) is 1.13. The van der Waals surface area contributed by atoms with E-state index < -0.39 is 0 Å². The first-order valence-corrected chi connectivity index (χ1v) is 6.22. The van der Waals surface area contributed by atoms with Crippen molar-refractivity contribution in [1.82, 2.24) is 4.98 Å². The van der Waals surface area contributed by atoms with Crippen molar-refractivity contribution in [2.75, 3.05) is 19.8 Å². The fourth-order valence-corrected chi connectivity index (χ4v) is 1.48. The van der Waals surface area contributed by atoms with Crippen molar-refractivity contribution in [3.8, 4) is 5.88 Å². The SMILES string of the molecule is Cc1ccnc(OCCOCC(C)C)c1Br. The van der Waals surface area contributed by atoms with Crippen molar-refractivity contribution in [2.45, 2.75) is 20.8 Å². The molecule has 16 heavy (non-hydrogen) atoms. The maximum Gasteiger partial charge on any atom is 0.228 e. The molecule has 1 aromatic rings. The Balaban J connectivity index is 2.29. The monoisotopic (exact) mass is 287 g/mol. The van der Waals surface area contributed by atoms with Gasteiger partial charge in [0.15, 0.2) is 0 Å². The lowest BCUT2D eigenvalue weighted by atomic mass is 10.2. The zero-order chi connectivity index (χ0) is 12.0. The summed E-state index contributed by atoms with van der Waals surface area (Å²) < 4.78 is 11.9. The number of halogens is 1. The van der Waals surface area contributed by atoms with Crippen LogP contribution in [0.1, 0.15) is 19.4 Å². The summed E-state index contributed by atoms with van der Waals surface area (Å²) in [5.74, 6) is 1.19. The molecule has 1 aromatic heterocycles. The Morgan fingerprint density at radius 2 is 2.12 bits per heavy atom. The second-order valence-corrected chi connectivity index (χ2v) is 4.86. The molecule has 0 aromatic carbocycles. The maximum atomic E-state index is 5.52. The molecule has 3 nitrogen and oxygen atoms in total. The predicted octanol–water partition coefficient (Wildman–Crippen LogP) is 3.20. The Morgan fingerprint density at radius 3 is 2.81 bits per heavy atom. The summed E-state index contributed by atoms with van der Waals surface area (Å²) in [5, 5.41) is 0. The number of pyridine rings is 1. The van der Waals surface area contributed by atoms with Crippen LogP contribution in [0.15, 0.2) is 16.7 Å². The van der Waals surface area contributed by atoms with Gasteiger partial charge in [-0.1, -0.05) is 13.8 Å². The first-order chi connectivity index (χ1) is 7.61. The number of ether oxygens (including phenoxy) is 2. The predicted molar refractivity (Wildman–Crippen MR) is 67.8 cm³/mol. The number of hydrogen-bond acceptors (Lipinski definition) is 3. The molecule has 0 aliphatic rings. The van der Waals surface area contributed by atoms with Crippen molar-refractivity contribution in [3.63, 3.8) is 0 Å². The van der Waals surface area contributed by atoms with Crippen LogP contribution in [-0.2, 0) is 4.74 Å². The highest BCUT2D eigenvalue weighted by atomic mass is 79.9. The number of aryl methyl sites for hydroxylation is 1. The zero-order valence-corrected chi connectivity index (χ0v) is 11.6. The second kappa shape index (κ2) is 6.86. The Bertz CT molecular complexity index is 329. The lowest BCUT2D eigenvalue weighted by Gasteiger charge is -2.09. The van der Waals surface area contributed by atoms with Crippen LogP contribution in [-0.4, -0.2) is 24.8 Å². The molecule has 0 aliphatic heterocycles. The van der Waals surface area contributed by atoms with Gasteiger partial charge < -0.3 is 9.47 Å². The molecule has 0 saturated heterocycles. The number of nitrogens with zero attached hydrogens (tertiary/aromatic N) is 1. The average Bonchev–Trinajstić information content (AvgIpc) is 2.23. The number of aromatic nitrogens is 1. The Hall–Kier alpha value is -0.610. The molecule has 1 heterocycles. The topological polar surface area (TPSA) is 31.4 Å². The van der Waals surface area contributed by atoms with Crippen molar-refractivity contribution >= 4 is 15.9 Å². The standard InChI is InChI=1S/C12H18BrNO2/c1-9(2)8-15-6-7-16-12-11(13)10(3)4-5-14-12/h4-5,9H,6-8H2,1-3H3. The van der Waals surface area contributed by atoms with Gasteiger partial charge >= 0.3 is 0 Å². The van der Waals surface area contributed by atoms with E-state index in [2.05, 4.69) is 34.8 Å². The molecule has 0 bridgehead atoms. The maximum absolute atomic E-state index is 5.52. The lowest BCUT2D eigenvalue weighted by molar-refractivity contribution is 0.0804.